The number of nitrogens with one attached hydrogen (secondary N) is 3. The van der Waals surface area contributed by atoms with Crippen LogP contribution in [0.25, 0.3) is 0 Å². The summed E-state index contributed by atoms with van der Waals surface area (Å²) in [5.41, 5.74) is 7.07. The summed E-state index contributed by atoms with van der Waals surface area (Å²) in [6, 6.07) is 14.8. The summed E-state index contributed by atoms with van der Waals surface area (Å²) in [4.78, 5) is 74.0. The molecule has 2 rings (SSSR count). The maximum atomic E-state index is 12.8. The quantitative estimate of drug-likeness (QED) is 0.231. The van der Waals surface area contributed by atoms with Crippen LogP contribution in [0.5, 0.6) is 0 Å². The first-order valence-corrected chi connectivity index (χ1v) is 12.7. The van der Waals surface area contributed by atoms with Gasteiger partial charge in [-0.2, -0.15) is 5.01 Å². The van der Waals surface area contributed by atoms with Crippen molar-refractivity contribution in [1.29, 1.82) is 0 Å². The van der Waals surface area contributed by atoms with Crippen molar-refractivity contribution < 1.29 is 33.5 Å². The number of urea groups is 1. The Morgan fingerprint density at radius 2 is 1.44 bits per heavy atom. The maximum absolute atomic E-state index is 12.8. The van der Waals surface area contributed by atoms with Crippen LogP contribution in [-0.4, -0.2) is 71.4 Å². The molecule has 0 spiro atoms. The van der Waals surface area contributed by atoms with Crippen molar-refractivity contribution in [2.75, 3.05) is 13.6 Å². The fourth-order valence-corrected chi connectivity index (χ4v) is 3.44. The number of nitrogens with zero attached hydrogens (tertiary/aromatic N) is 2. The van der Waals surface area contributed by atoms with E-state index in [2.05, 4.69) is 16.0 Å². The van der Waals surface area contributed by atoms with Crippen molar-refractivity contribution in [3.63, 3.8) is 0 Å². The molecule has 0 aliphatic carbocycles. The predicted molar refractivity (Wildman–Crippen MR) is 148 cm³/mol. The molecule has 0 radical (unpaired) electrons. The number of hydrogen-bond acceptors (Lipinski definition) is 7. The zero-order chi connectivity index (χ0) is 30.4. The lowest BCUT2D eigenvalue weighted by Crippen LogP contribution is -2.58. The van der Waals surface area contributed by atoms with Gasteiger partial charge in [-0.1, -0.05) is 60.7 Å². The fourth-order valence-electron chi connectivity index (χ4n) is 3.44. The highest BCUT2D eigenvalue weighted by Gasteiger charge is 2.30. The van der Waals surface area contributed by atoms with E-state index in [1.807, 2.05) is 36.4 Å². The predicted octanol–water partition coefficient (Wildman–Crippen LogP) is 1.00. The molecule has 5 N–H and O–H groups in total. The molecule has 0 aliphatic heterocycles. The Labute approximate surface area is 237 Å². The number of ether oxygens (including phenoxy) is 1. The van der Waals surface area contributed by atoms with Gasteiger partial charge in [0, 0.05) is 25.7 Å². The van der Waals surface area contributed by atoms with Gasteiger partial charge in [-0.25, -0.2) is 14.6 Å². The number of hydrogen-bond donors (Lipinski definition) is 4. The number of nitrogens with two attached hydrogens (primary N) is 1. The molecule has 13 heteroatoms. The van der Waals surface area contributed by atoms with Crippen LogP contribution < -0.4 is 21.7 Å². The summed E-state index contributed by atoms with van der Waals surface area (Å²) in [5, 5.41) is 8.29. The Hall–Kier alpha value is -5.20. The van der Waals surface area contributed by atoms with Gasteiger partial charge in [-0.15, -0.1) is 0 Å². The Bertz CT molecular complexity index is 1250. The molecule has 218 valence electrons. The minimum absolute atomic E-state index is 0.00146. The van der Waals surface area contributed by atoms with Gasteiger partial charge in [0.15, 0.2) is 0 Å². The highest BCUT2D eigenvalue weighted by Crippen LogP contribution is 2.04. The summed E-state index contributed by atoms with van der Waals surface area (Å²) < 4.78 is 5.07. The molecule has 2 atom stereocenters. The van der Waals surface area contributed by atoms with Crippen molar-refractivity contribution >= 4 is 35.8 Å². The van der Waals surface area contributed by atoms with Crippen LogP contribution >= 0.6 is 0 Å². The van der Waals surface area contributed by atoms with E-state index in [-0.39, 0.29) is 6.61 Å². The smallest absolute Gasteiger partial charge is 0.408 e. The molecule has 0 saturated heterocycles. The second-order valence-electron chi connectivity index (χ2n) is 8.87. The highest BCUT2D eigenvalue weighted by atomic mass is 16.5. The average Bonchev–Trinajstić information content (AvgIpc) is 2.95. The summed E-state index contributed by atoms with van der Waals surface area (Å²) in [7, 11) is 1.10. The number of hydrazine groups is 1. The number of carbonyl (C=O) groups excluding carboxylic acids is 6. The largest absolute Gasteiger partial charge is 0.445 e. The minimum Gasteiger partial charge on any atom is -0.445 e. The molecule has 13 nitrogen and oxygen atoms in total. The molecule has 0 fully saturated rings. The van der Waals surface area contributed by atoms with Gasteiger partial charge in [0.2, 0.25) is 11.8 Å². The maximum Gasteiger partial charge on any atom is 0.408 e. The fraction of sp³-hybridized carbons (Fsp3) is 0.286. The standard InChI is InChI=1S/C28H34N6O7/c1-19(32-28(40)41-18-22-12-8-5-9-13-22)25(37)31-20(2)26(38)33(3)34(27(29)39)24(36)15-14-23(35)30-17-16-21-10-6-4-7-11-21/h4-15,19-20H,16-18H2,1-3H3,(H2,29,39)(H,30,35)(H,31,37)(H,32,40)/b15-14+/t19-,20-/m0/s1. The lowest BCUT2D eigenvalue weighted by atomic mass is 10.1. The lowest BCUT2D eigenvalue weighted by molar-refractivity contribution is -0.153. The van der Waals surface area contributed by atoms with E-state index >= 15 is 0 Å². The normalized spacial score (nSPS) is 12.0. The molecular weight excluding hydrogens is 532 g/mol. The molecule has 0 bridgehead atoms. The van der Waals surface area contributed by atoms with Gasteiger partial charge in [0.25, 0.3) is 11.8 Å². The van der Waals surface area contributed by atoms with Gasteiger partial charge < -0.3 is 26.4 Å². The Morgan fingerprint density at radius 3 is 2.02 bits per heavy atom. The van der Waals surface area contributed by atoms with E-state index in [0.717, 1.165) is 30.3 Å². The first-order valence-electron chi connectivity index (χ1n) is 12.7. The number of carbonyl (C=O) groups is 6. The number of alkyl carbamates (subject to hydrolysis) is 1. The number of primary amides is 1. The van der Waals surface area contributed by atoms with Gasteiger partial charge in [-0.05, 0) is 31.4 Å². The van der Waals surface area contributed by atoms with Crippen LogP contribution in [0.2, 0.25) is 0 Å². The van der Waals surface area contributed by atoms with Gasteiger partial charge >= 0.3 is 12.1 Å². The summed E-state index contributed by atoms with van der Waals surface area (Å²) in [6.45, 7) is 3.02. The van der Waals surface area contributed by atoms with Crippen molar-refractivity contribution in [2.45, 2.75) is 39.0 Å². The van der Waals surface area contributed by atoms with Crippen molar-refractivity contribution in [1.82, 2.24) is 26.0 Å². The monoisotopic (exact) mass is 566 g/mol. The SMILES string of the molecule is C[C@H](NC(=O)OCc1ccccc1)C(=O)N[C@@H](C)C(=O)N(C)N(C(N)=O)C(=O)/C=C/C(=O)NCCc1ccccc1. The van der Waals surface area contributed by atoms with Crippen LogP contribution in [0, 0.1) is 0 Å². The first kappa shape index (κ1) is 32.0. The van der Waals surface area contributed by atoms with Crippen molar-refractivity contribution in [3.8, 4) is 0 Å². The second kappa shape index (κ2) is 16.0. The Balaban J connectivity index is 1.86. The zero-order valence-corrected chi connectivity index (χ0v) is 23.0. The van der Waals surface area contributed by atoms with Gasteiger partial charge in [0.05, 0.1) is 0 Å². The van der Waals surface area contributed by atoms with E-state index in [9.17, 15) is 28.8 Å². The number of amides is 7. The first-order chi connectivity index (χ1) is 19.5. The summed E-state index contributed by atoms with van der Waals surface area (Å²) in [6.07, 6.45) is 1.44. The molecule has 0 aliphatic rings. The van der Waals surface area contributed by atoms with Gasteiger partial charge in [-0.3, -0.25) is 19.2 Å². The number of rotatable bonds is 11. The Kier molecular flexibility index (Phi) is 12.5. The number of imide groups is 1. The van der Waals surface area contributed by atoms with Crippen LogP contribution in [-0.2, 0) is 36.9 Å². The van der Waals surface area contributed by atoms with Crippen molar-refractivity contribution in [3.05, 3.63) is 83.9 Å². The van der Waals surface area contributed by atoms with Crippen molar-refractivity contribution in [2.24, 2.45) is 5.73 Å². The third kappa shape index (κ3) is 10.8. The van der Waals surface area contributed by atoms with Crippen LogP contribution in [0.15, 0.2) is 72.8 Å². The molecule has 0 heterocycles. The summed E-state index contributed by atoms with van der Waals surface area (Å²) in [5.74, 6) is -3.23. The van der Waals surface area contributed by atoms with E-state index in [1.165, 1.54) is 13.8 Å². The van der Waals surface area contributed by atoms with E-state index in [1.54, 1.807) is 24.3 Å². The molecule has 41 heavy (non-hydrogen) atoms. The minimum atomic E-state index is -1.28. The van der Waals surface area contributed by atoms with Crippen LogP contribution in [0.4, 0.5) is 9.59 Å². The zero-order valence-electron chi connectivity index (χ0n) is 23.0. The van der Waals surface area contributed by atoms with E-state index in [4.69, 9.17) is 10.5 Å². The summed E-state index contributed by atoms with van der Waals surface area (Å²) >= 11 is 0. The molecule has 2 aromatic carbocycles. The second-order valence-corrected chi connectivity index (χ2v) is 8.87. The van der Waals surface area contributed by atoms with E-state index in [0.29, 0.717) is 23.0 Å². The number of benzene rings is 2. The van der Waals surface area contributed by atoms with Crippen LogP contribution in [0.1, 0.15) is 25.0 Å². The highest BCUT2D eigenvalue weighted by molar-refractivity contribution is 6.04. The lowest BCUT2D eigenvalue weighted by Gasteiger charge is -2.30. The molecule has 0 unspecified atom stereocenters. The Morgan fingerprint density at radius 1 is 0.854 bits per heavy atom. The molecule has 0 aromatic heterocycles. The molecule has 7 amide bonds. The molecular formula is C28H34N6O7. The third-order valence-corrected chi connectivity index (χ3v) is 5.64. The van der Waals surface area contributed by atoms with Gasteiger partial charge in [0.1, 0.15) is 18.7 Å². The topological polar surface area (TPSA) is 180 Å². The van der Waals surface area contributed by atoms with Crippen LogP contribution in [0.3, 0.4) is 0 Å². The number of likely N-dealkylation sites (N-methyl/N-ethyl adjacent to an activating group) is 1. The third-order valence-electron chi connectivity index (χ3n) is 5.64. The molecule has 2 aromatic rings. The van der Waals surface area contributed by atoms with E-state index < -0.39 is 47.8 Å². The molecule has 0 saturated carbocycles. The average molecular weight is 567 g/mol.